The second kappa shape index (κ2) is 8.60. The van der Waals surface area contributed by atoms with Crippen molar-refractivity contribution in [1.82, 2.24) is 0 Å². The van der Waals surface area contributed by atoms with Gasteiger partial charge >= 0.3 is 5.97 Å². The highest BCUT2D eigenvalue weighted by atomic mass is 19.2. The van der Waals surface area contributed by atoms with Crippen LogP contribution in [0.2, 0.25) is 0 Å². The molecule has 0 radical (unpaired) electrons. The summed E-state index contributed by atoms with van der Waals surface area (Å²) < 4.78 is 36.6. The van der Waals surface area contributed by atoms with Crippen molar-refractivity contribution >= 4 is 5.97 Å². The lowest BCUT2D eigenvalue weighted by Gasteiger charge is -2.10. The number of halogens is 2. The maximum absolute atomic E-state index is 13.6. The van der Waals surface area contributed by atoms with E-state index in [0.717, 1.165) is 19.3 Å². The molecule has 0 saturated carbocycles. The first-order valence-corrected chi connectivity index (χ1v) is 7.22. The first-order valence-electron chi connectivity index (χ1n) is 7.22. The van der Waals surface area contributed by atoms with Gasteiger partial charge in [0, 0.05) is 6.42 Å². The van der Waals surface area contributed by atoms with Crippen LogP contribution in [0.3, 0.4) is 0 Å². The number of benzene rings is 1. The molecule has 0 aliphatic carbocycles. The van der Waals surface area contributed by atoms with Crippen LogP contribution in [0.4, 0.5) is 8.78 Å². The molecule has 0 saturated heterocycles. The Kier molecular flexibility index (Phi) is 7.12. The molecular formula is C16H22F2O3. The zero-order chi connectivity index (χ0) is 15.8. The lowest BCUT2D eigenvalue weighted by Crippen LogP contribution is -2.10. The minimum atomic E-state index is -1.21. The maximum atomic E-state index is 13.6. The Hall–Kier alpha value is -1.65. The number of rotatable bonds is 8. The molecule has 1 atom stereocenters. The van der Waals surface area contributed by atoms with Crippen LogP contribution in [0, 0.1) is 17.6 Å². The van der Waals surface area contributed by atoms with Crippen molar-refractivity contribution in [1.29, 1.82) is 0 Å². The van der Waals surface area contributed by atoms with Gasteiger partial charge in [-0.05, 0) is 24.5 Å². The van der Waals surface area contributed by atoms with E-state index in [0.29, 0.717) is 12.3 Å². The topological polar surface area (TPSA) is 35.5 Å². The van der Waals surface area contributed by atoms with Gasteiger partial charge in [-0.2, -0.15) is 8.78 Å². The fourth-order valence-electron chi connectivity index (χ4n) is 2.16. The molecule has 1 unspecified atom stereocenters. The van der Waals surface area contributed by atoms with Crippen LogP contribution < -0.4 is 9.47 Å². The molecule has 5 heteroatoms. The molecule has 0 spiro atoms. The zero-order valence-electron chi connectivity index (χ0n) is 12.7. The Labute approximate surface area is 124 Å². The van der Waals surface area contributed by atoms with Gasteiger partial charge in [0.1, 0.15) is 0 Å². The minimum Gasteiger partial charge on any atom is -0.494 e. The van der Waals surface area contributed by atoms with E-state index in [-0.39, 0.29) is 12.2 Å². The van der Waals surface area contributed by atoms with Crippen LogP contribution in [0.5, 0.6) is 11.5 Å². The fourth-order valence-corrected chi connectivity index (χ4v) is 2.16. The highest BCUT2D eigenvalue weighted by Gasteiger charge is 2.17. The molecule has 0 fully saturated rings. The normalized spacial score (nSPS) is 12.0. The van der Waals surface area contributed by atoms with Gasteiger partial charge in [-0.3, -0.25) is 4.79 Å². The second-order valence-corrected chi connectivity index (χ2v) is 5.15. The molecule has 0 aliphatic rings. The van der Waals surface area contributed by atoms with Gasteiger partial charge in [0.25, 0.3) is 0 Å². The summed E-state index contributed by atoms with van der Waals surface area (Å²) in [5, 5.41) is 0. The number of esters is 1. The van der Waals surface area contributed by atoms with Crippen molar-refractivity contribution < 1.29 is 23.0 Å². The molecular weight excluding hydrogens is 278 g/mol. The smallest absolute Gasteiger partial charge is 0.311 e. The Morgan fingerprint density at radius 1 is 1.19 bits per heavy atom. The first-order chi connectivity index (χ1) is 9.99. The summed E-state index contributed by atoms with van der Waals surface area (Å²) >= 11 is 0. The van der Waals surface area contributed by atoms with Crippen LogP contribution in [0.25, 0.3) is 0 Å². The third-order valence-corrected chi connectivity index (χ3v) is 3.31. The van der Waals surface area contributed by atoms with E-state index in [1.165, 1.54) is 19.2 Å². The van der Waals surface area contributed by atoms with E-state index < -0.39 is 23.4 Å². The number of methoxy groups -OCH3 is 1. The van der Waals surface area contributed by atoms with Gasteiger partial charge in [0.15, 0.2) is 11.5 Å². The number of carbonyl (C=O) groups excluding carboxylic acids is 1. The lowest BCUT2D eigenvalue weighted by atomic mass is 9.99. The summed E-state index contributed by atoms with van der Waals surface area (Å²) in [6.07, 6.45) is 4.03. The first kappa shape index (κ1) is 17.4. The lowest BCUT2D eigenvalue weighted by molar-refractivity contribution is -0.134. The number of carbonyl (C=O) groups is 1. The van der Waals surface area contributed by atoms with Crippen molar-refractivity contribution in [2.45, 2.75) is 46.0 Å². The minimum absolute atomic E-state index is 0.196. The summed E-state index contributed by atoms with van der Waals surface area (Å²) in [4.78, 5) is 11.6. The SMILES string of the molecule is CCCC(C)CCCC(=O)Oc1ccc(OC)c(F)c1F. The van der Waals surface area contributed by atoms with Crippen LogP contribution in [0.15, 0.2) is 12.1 Å². The van der Waals surface area contributed by atoms with Crippen molar-refractivity contribution in [3.05, 3.63) is 23.8 Å². The molecule has 0 aliphatic heterocycles. The van der Waals surface area contributed by atoms with Crippen LogP contribution in [0.1, 0.15) is 46.0 Å². The molecule has 0 amide bonds. The molecule has 0 bridgehead atoms. The van der Waals surface area contributed by atoms with Gasteiger partial charge in [0.2, 0.25) is 11.6 Å². The maximum Gasteiger partial charge on any atom is 0.311 e. The van der Waals surface area contributed by atoms with Crippen molar-refractivity contribution in [2.75, 3.05) is 7.11 Å². The molecule has 0 N–H and O–H groups in total. The monoisotopic (exact) mass is 300 g/mol. The quantitative estimate of drug-likeness (QED) is 0.524. The number of ether oxygens (including phenoxy) is 2. The summed E-state index contributed by atoms with van der Waals surface area (Å²) in [6, 6.07) is 2.42. The standard InChI is InChI=1S/C16H22F2O3/c1-4-6-11(2)7-5-8-14(19)21-13-10-9-12(20-3)15(17)16(13)18/h9-11H,4-8H2,1-3H3. The fraction of sp³-hybridized carbons (Fsp3) is 0.562. The van der Waals surface area contributed by atoms with Gasteiger partial charge in [-0.1, -0.05) is 33.1 Å². The Morgan fingerprint density at radius 3 is 2.43 bits per heavy atom. The Balaban J connectivity index is 2.50. The van der Waals surface area contributed by atoms with Gasteiger partial charge in [-0.25, -0.2) is 0 Å². The van der Waals surface area contributed by atoms with E-state index in [2.05, 4.69) is 18.6 Å². The molecule has 1 aromatic carbocycles. The predicted octanol–water partition coefficient (Wildman–Crippen LogP) is 4.49. The van der Waals surface area contributed by atoms with E-state index in [1.807, 2.05) is 0 Å². The van der Waals surface area contributed by atoms with E-state index in [1.54, 1.807) is 0 Å². The molecule has 1 rings (SSSR count). The Morgan fingerprint density at radius 2 is 1.81 bits per heavy atom. The second-order valence-electron chi connectivity index (χ2n) is 5.15. The third-order valence-electron chi connectivity index (χ3n) is 3.31. The third kappa shape index (κ3) is 5.33. The summed E-state index contributed by atoms with van der Waals surface area (Å²) in [6.45, 7) is 4.25. The van der Waals surface area contributed by atoms with Crippen LogP contribution in [-0.2, 0) is 4.79 Å². The van der Waals surface area contributed by atoms with E-state index in [9.17, 15) is 13.6 Å². The highest BCUT2D eigenvalue weighted by molar-refractivity contribution is 5.72. The zero-order valence-corrected chi connectivity index (χ0v) is 12.7. The number of hydrogen-bond donors (Lipinski definition) is 0. The van der Waals surface area contributed by atoms with Crippen molar-refractivity contribution in [3.63, 3.8) is 0 Å². The van der Waals surface area contributed by atoms with E-state index in [4.69, 9.17) is 4.74 Å². The molecule has 0 heterocycles. The van der Waals surface area contributed by atoms with Crippen LogP contribution >= 0.6 is 0 Å². The van der Waals surface area contributed by atoms with Gasteiger partial charge in [-0.15, -0.1) is 0 Å². The average molecular weight is 300 g/mol. The predicted molar refractivity (Wildman–Crippen MR) is 76.5 cm³/mol. The van der Waals surface area contributed by atoms with Crippen LogP contribution in [-0.4, -0.2) is 13.1 Å². The molecule has 1 aromatic rings. The summed E-state index contributed by atoms with van der Waals surface area (Å²) in [7, 11) is 1.24. The highest BCUT2D eigenvalue weighted by Crippen LogP contribution is 2.27. The van der Waals surface area contributed by atoms with Crippen molar-refractivity contribution in [3.8, 4) is 11.5 Å². The molecule has 0 aromatic heterocycles. The molecule has 118 valence electrons. The largest absolute Gasteiger partial charge is 0.494 e. The average Bonchev–Trinajstić information content (AvgIpc) is 2.44. The summed E-state index contributed by atoms with van der Waals surface area (Å²) in [5.74, 6) is -2.98. The Bertz CT molecular complexity index is 475. The molecule has 3 nitrogen and oxygen atoms in total. The van der Waals surface area contributed by atoms with Gasteiger partial charge < -0.3 is 9.47 Å². The van der Waals surface area contributed by atoms with E-state index >= 15 is 0 Å². The molecule has 21 heavy (non-hydrogen) atoms. The summed E-state index contributed by atoms with van der Waals surface area (Å²) in [5.41, 5.74) is 0. The number of hydrogen-bond acceptors (Lipinski definition) is 3. The van der Waals surface area contributed by atoms with Crippen molar-refractivity contribution in [2.24, 2.45) is 5.92 Å². The van der Waals surface area contributed by atoms with Gasteiger partial charge in [0.05, 0.1) is 7.11 Å².